The Morgan fingerprint density at radius 1 is 1.40 bits per heavy atom. The summed E-state index contributed by atoms with van der Waals surface area (Å²) >= 11 is 0. The summed E-state index contributed by atoms with van der Waals surface area (Å²) in [5.41, 5.74) is 8.04. The first-order valence-electron chi connectivity index (χ1n) is 4.78. The predicted molar refractivity (Wildman–Crippen MR) is 58.8 cm³/mol. The van der Waals surface area contributed by atoms with E-state index in [9.17, 15) is 8.42 Å². The molecule has 0 heterocycles. The first kappa shape index (κ1) is 10.6. The predicted octanol–water partition coefficient (Wildman–Crippen LogP) is 0.160. The second kappa shape index (κ2) is 3.59. The molecule has 0 aliphatic heterocycles. The molecular formula is C10H14N2O2S. The van der Waals surface area contributed by atoms with Gasteiger partial charge < -0.3 is 5.73 Å². The monoisotopic (exact) mass is 226 g/mol. The number of nitrogens with one attached hydrogen (secondary N) is 1. The molecule has 15 heavy (non-hydrogen) atoms. The molecule has 0 radical (unpaired) electrons. The van der Waals surface area contributed by atoms with Gasteiger partial charge in [-0.1, -0.05) is 24.3 Å². The molecule has 2 atom stereocenters. The van der Waals surface area contributed by atoms with Crippen molar-refractivity contribution in [2.45, 2.75) is 18.5 Å². The normalized spacial score (nSPS) is 25.2. The summed E-state index contributed by atoms with van der Waals surface area (Å²) in [6, 6.07) is 7.29. The zero-order valence-electron chi connectivity index (χ0n) is 8.47. The van der Waals surface area contributed by atoms with Crippen molar-refractivity contribution in [3.8, 4) is 0 Å². The van der Waals surface area contributed by atoms with E-state index in [1.165, 1.54) is 0 Å². The summed E-state index contributed by atoms with van der Waals surface area (Å²) in [4.78, 5) is 0. The first-order valence-corrected chi connectivity index (χ1v) is 6.67. The molecule has 0 bridgehead atoms. The zero-order chi connectivity index (χ0) is 11.1. The fourth-order valence-corrected chi connectivity index (χ4v) is 2.77. The lowest BCUT2D eigenvalue weighted by atomic mass is 10.1. The second-order valence-electron chi connectivity index (χ2n) is 3.93. The third kappa shape index (κ3) is 2.19. The van der Waals surface area contributed by atoms with Crippen LogP contribution in [0, 0.1) is 0 Å². The Morgan fingerprint density at radius 2 is 2.07 bits per heavy atom. The van der Waals surface area contributed by atoms with Crippen molar-refractivity contribution in [2.24, 2.45) is 5.73 Å². The van der Waals surface area contributed by atoms with Gasteiger partial charge in [0, 0.05) is 6.04 Å². The molecule has 82 valence electrons. The van der Waals surface area contributed by atoms with Crippen molar-refractivity contribution < 1.29 is 8.42 Å². The molecule has 4 nitrogen and oxygen atoms in total. The largest absolute Gasteiger partial charge is 0.326 e. The van der Waals surface area contributed by atoms with Gasteiger partial charge in [-0.05, 0) is 17.5 Å². The Bertz CT molecular complexity index is 470. The number of fused-ring (bicyclic) bond motifs is 1. The molecule has 0 saturated heterocycles. The summed E-state index contributed by atoms with van der Waals surface area (Å²) in [6.45, 7) is 0. The number of hydrogen-bond acceptors (Lipinski definition) is 3. The van der Waals surface area contributed by atoms with Crippen LogP contribution in [0.4, 0.5) is 0 Å². The molecule has 5 heteroatoms. The molecule has 2 unspecified atom stereocenters. The summed E-state index contributed by atoms with van der Waals surface area (Å²) in [5.74, 6) is 0. The van der Waals surface area contributed by atoms with Crippen LogP contribution in [0.25, 0.3) is 0 Å². The fourth-order valence-electron chi connectivity index (χ4n) is 2.01. The fraction of sp³-hybridized carbons (Fsp3) is 0.400. The minimum Gasteiger partial charge on any atom is -0.326 e. The van der Waals surface area contributed by atoms with Crippen molar-refractivity contribution in [3.05, 3.63) is 35.4 Å². The first-order chi connectivity index (χ1) is 6.97. The van der Waals surface area contributed by atoms with Crippen LogP contribution in [0.5, 0.6) is 0 Å². The highest BCUT2D eigenvalue weighted by Gasteiger charge is 2.31. The second-order valence-corrected chi connectivity index (χ2v) is 5.71. The molecule has 0 spiro atoms. The van der Waals surface area contributed by atoms with Crippen molar-refractivity contribution >= 4 is 10.0 Å². The van der Waals surface area contributed by atoms with Crippen molar-refractivity contribution in [2.75, 3.05) is 6.26 Å². The van der Waals surface area contributed by atoms with Gasteiger partial charge in [0.15, 0.2) is 0 Å². The van der Waals surface area contributed by atoms with Gasteiger partial charge in [-0.25, -0.2) is 13.1 Å². The van der Waals surface area contributed by atoms with Crippen LogP contribution in [-0.2, 0) is 16.4 Å². The average molecular weight is 226 g/mol. The van der Waals surface area contributed by atoms with Crippen molar-refractivity contribution in [3.63, 3.8) is 0 Å². The number of sulfonamides is 1. The maximum atomic E-state index is 11.2. The molecule has 0 amide bonds. The van der Waals surface area contributed by atoms with Crippen molar-refractivity contribution in [1.82, 2.24) is 4.72 Å². The van der Waals surface area contributed by atoms with Gasteiger partial charge >= 0.3 is 0 Å². The lowest BCUT2D eigenvalue weighted by Gasteiger charge is -2.16. The highest BCUT2D eigenvalue weighted by atomic mass is 32.2. The Morgan fingerprint density at radius 3 is 2.73 bits per heavy atom. The van der Waals surface area contributed by atoms with Gasteiger partial charge in [-0.15, -0.1) is 0 Å². The highest BCUT2D eigenvalue weighted by molar-refractivity contribution is 7.88. The van der Waals surface area contributed by atoms with E-state index in [1.807, 2.05) is 24.3 Å². The molecule has 0 saturated carbocycles. The van der Waals surface area contributed by atoms with Gasteiger partial charge in [0.05, 0.1) is 12.3 Å². The van der Waals surface area contributed by atoms with Crippen LogP contribution >= 0.6 is 0 Å². The van der Waals surface area contributed by atoms with Crippen LogP contribution in [0.2, 0.25) is 0 Å². The molecular weight excluding hydrogens is 212 g/mol. The lowest BCUT2D eigenvalue weighted by molar-refractivity contribution is 0.521. The van der Waals surface area contributed by atoms with E-state index in [0.717, 1.165) is 23.8 Å². The zero-order valence-corrected chi connectivity index (χ0v) is 9.29. The van der Waals surface area contributed by atoms with Gasteiger partial charge in [0.2, 0.25) is 10.0 Å². The van der Waals surface area contributed by atoms with E-state index in [-0.39, 0.29) is 12.1 Å². The molecule has 1 aliphatic carbocycles. The van der Waals surface area contributed by atoms with Gasteiger partial charge in [-0.3, -0.25) is 0 Å². The topological polar surface area (TPSA) is 72.2 Å². The molecule has 2 rings (SSSR count). The molecule has 0 fully saturated rings. The third-order valence-electron chi connectivity index (χ3n) is 2.61. The van der Waals surface area contributed by atoms with E-state index in [4.69, 9.17) is 5.73 Å². The van der Waals surface area contributed by atoms with Crippen LogP contribution in [0.3, 0.4) is 0 Å². The molecule has 0 aromatic heterocycles. The Kier molecular flexibility index (Phi) is 2.54. The third-order valence-corrected chi connectivity index (χ3v) is 3.30. The van der Waals surface area contributed by atoms with Crippen LogP contribution in [-0.4, -0.2) is 20.7 Å². The SMILES string of the molecule is CS(=O)(=O)NC1c2ccccc2CC1N. The van der Waals surface area contributed by atoms with E-state index in [0.29, 0.717) is 0 Å². The van der Waals surface area contributed by atoms with Crippen molar-refractivity contribution in [1.29, 1.82) is 0 Å². The highest BCUT2D eigenvalue weighted by Crippen LogP contribution is 2.30. The van der Waals surface area contributed by atoms with Gasteiger partial charge in [-0.2, -0.15) is 0 Å². The Labute approximate surface area is 89.5 Å². The summed E-state index contributed by atoms with van der Waals surface area (Å²) < 4.78 is 24.9. The molecule has 1 aromatic carbocycles. The Hall–Kier alpha value is -0.910. The smallest absolute Gasteiger partial charge is 0.209 e. The standard InChI is InChI=1S/C10H14N2O2S/c1-15(13,14)12-10-8-5-3-2-4-7(8)6-9(10)11/h2-5,9-10,12H,6,11H2,1H3. The van der Waals surface area contributed by atoms with Crippen LogP contribution < -0.4 is 10.5 Å². The number of benzene rings is 1. The quantitative estimate of drug-likeness (QED) is 0.754. The van der Waals surface area contributed by atoms with Crippen LogP contribution in [0.1, 0.15) is 17.2 Å². The summed E-state index contributed by atoms with van der Waals surface area (Å²) in [7, 11) is -3.21. The van der Waals surface area contributed by atoms with Gasteiger partial charge in [0.1, 0.15) is 0 Å². The summed E-state index contributed by atoms with van der Waals surface area (Å²) in [5, 5.41) is 0. The maximum Gasteiger partial charge on any atom is 0.209 e. The maximum absolute atomic E-state index is 11.2. The van der Waals surface area contributed by atoms with Gasteiger partial charge in [0.25, 0.3) is 0 Å². The molecule has 1 aliphatic rings. The van der Waals surface area contributed by atoms with E-state index >= 15 is 0 Å². The number of rotatable bonds is 2. The van der Waals surface area contributed by atoms with E-state index in [2.05, 4.69) is 4.72 Å². The Balaban J connectivity index is 2.34. The number of nitrogens with two attached hydrogens (primary N) is 1. The average Bonchev–Trinajstić information content (AvgIpc) is 2.41. The number of hydrogen-bond donors (Lipinski definition) is 2. The molecule has 1 aromatic rings. The van der Waals surface area contributed by atoms with Crippen LogP contribution in [0.15, 0.2) is 24.3 Å². The van der Waals surface area contributed by atoms with E-state index in [1.54, 1.807) is 0 Å². The minimum absolute atomic E-state index is 0.169. The molecule has 3 N–H and O–H groups in total. The minimum atomic E-state index is -3.21. The van der Waals surface area contributed by atoms with E-state index < -0.39 is 10.0 Å². The lowest BCUT2D eigenvalue weighted by Crippen LogP contribution is -2.37. The summed E-state index contributed by atoms with van der Waals surface area (Å²) in [6.07, 6.45) is 1.88.